The number of phenolic OH excluding ortho intramolecular Hbond substituents is 1. The second-order valence-electron chi connectivity index (χ2n) is 9.40. The van der Waals surface area contributed by atoms with E-state index in [1.165, 1.54) is 26.0 Å². The van der Waals surface area contributed by atoms with Crippen molar-refractivity contribution < 1.29 is 34.8 Å². The molecule has 0 spiro atoms. The Labute approximate surface area is 184 Å². The molecule has 1 aromatic rings. The van der Waals surface area contributed by atoms with Gasteiger partial charge in [-0.25, -0.2) is 0 Å². The molecule has 6 N–H and O–H groups in total. The summed E-state index contributed by atoms with van der Waals surface area (Å²) in [6, 6.07) is 3.44. The van der Waals surface area contributed by atoms with Crippen molar-refractivity contribution in [2.75, 3.05) is 14.1 Å². The number of hydrogen-bond acceptors (Lipinski definition) is 8. The summed E-state index contributed by atoms with van der Waals surface area (Å²) in [5, 5.41) is 43.9. The van der Waals surface area contributed by atoms with Crippen LogP contribution in [0.4, 0.5) is 0 Å². The number of primary amides is 1. The molecule has 0 aliphatic heterocycles. The Balaban J connectivity index is 2.05. The monoisotopic (exact) mass is 442 g/mol. The van der Waals surface area contributed by atoms with Crippen LogP contribution in [0.2, 0.25) is 0 Å². The molecule has 1 unspecified atom stereocenters. The number of amides is 1. The lowest BCUT2D eigenvalue weighted by Crippen LogP contribution is -2.62. The Morgan fingerprint density at radius 2 is 1.78 bits per heavy atom. The summed E-state index contributed by atoms with van der Waals surface area (Å²) in [5.41, 5.74) is 1.37. The lowest BCUT2D eigenvalue weighted by Gasteiger charge is -2.54. The van der Waals surface area contributed by atoms with Crippen molar-refractivity contribution in [1.82, 2.24) is 4.90 Å². The summed E-state index contributed by atoms with van der Waals surface area (Å²) in [7, 11) is 3.23. The minimum atomic E-state index is -1.75. The molecule has 1 saturated carbocycles. The molecule has 5 atom stereocenters. The van der Waals surface area contributed by atoms with Crippen molar-refractivity contribution >= 4 is 23.2 Å². The van der Waals surface area contributed by atoms with E-state index in [0.717, 1.165) is 0 Å². The van der Waals surface area contributed by atoms with Crippen LogP contribution in [0, 0.1) is 17.3 Å². The van der Waals surface area contributed by atoms with Gasteiger partial charge in [0, 0.05) is 17.4 Å². The highest BCUT2D eigenvalue weighted by Crippen LogP contribution is 2.60. The van der Waals surface area contributed by atoms with Gasteiger partial charge in [-0.15, -0.1) is 0 Å². The van der Waals surface area contributed by atoms with E-state index in [2.05, 4.69) is 0 Å². The molecule has 1 amide bonds. The fourth-order valence-electron chi connectivity index (χ4n) is 5.80. The number of aliphatic hydroxyl groups excluding tert-OH is 2. The maximum atomic E-state index is 13.9. The lowest BCUT2D eigenvalue weighted by molar-refractivity contribution is -0.143. The Bertz CT molecular complexity index is 1150. The molecule has 0 heterocycles. The van der Waals surface area contributed by atoms with Crippen LogP contribution in [0.15, 0.2) is 35.1 Å². The van der Waals surface area contributed by atoms with Gasteiger partial charge in [0.1, 0.15) is 22.8 Å². The molecule has 170 valence electrons. The molecule has 32 heavy (non-hydrogen) atoms. The minimum Gasteiger partial charge on any atom is -0.510 e. The average Bonchev–Trinajstić information content (AvgIpc) is 2.68. The van der Waals surface area contributed by atoms with Crippen LogP contribution in [0.25, 0.3) is 5.76 Å². The van der Waals surface area contributed by atoms with E-state index in [9.17, 15) is 34.8 Å². The zero-order chi connectivity index (χ0) is 23.9. The van der Waals surface area contributed by atoms with Crippen LogP contribution in [0.3, 0.4) is 0 Å². The largest absolute Gasteiger partial charge is 0.510 e. The van der Waals surface area contributed by atoms with Gasteiger partial charge in [-0.05, 0) is 46.0 Å². The van der Waals surface area contributed by atoms with E-state index in [-0.39, 0.29) is 28.9 Å². The van der Waals surface area contributed by atoms with Gasteiger partial charge in [-0.1, -0.05) is 12.1 Å². The highest BCUT2D eigenvalue weighted by Gasteiger charge is 2.64. The van der Waals surface area contributed by atoms with Crippen LogP contribution in [-0.4, -0.2) is 62.9 Å². The van der Waals surface area contributed by atoms with Crippen LogP contribution >= 0.6 is 0 Å². The van der Waals surface area contributed by atoms with Crippen molar-refractivity contribution in [2.24, 2.45) is 23.0 Å². The summed E-state index contributed by atoms with van der Waals surface area (Å²) >= 11 is 0. The van der Waals surface area contributed by atoms with Gasteiger partial charge in [-0.2, -0.15) is 0 Å². The minimum absolute atomic E-state index is 0.0500. The molecule has 1 aromatic carbocycles. The molecule has 0 aromatic heterocycles. The van der Waals surface area contributed by atoms with Crippen molar-refractivity contribution in [1.29, 1.82) is 0 Å². The zero-order valence-electron chi connectivity index (χ0n) is 18.2. The number of carbonyl (C=O) groups is 3. The first-order chi connectivity index (χ1) is 14.8. The number of rotatable bonds is 2. The first-order valence-corrected chi connectivity index (χ1v) is 10.2. The van der Waals surface area contributed by atoms with Gasteiger partial charge in [0.05, 0.1) is 22.6 Å². The number of nitrogens with zero attached hydrogens (tertiary/aromatic N) is 1. The summed E-state index contributed by atoms with van der Waals surface area (Å²) in [6.07, 6.45) is 0.0500. The third-order valence-corrected chi connectivity index (χ3v) is 7.48. The topological polar surface area (TPSA) is 161 Å². The summed E-state index contributed by atoms with van der Waals surface area (Å²) in [6.45, 7) is 2.89. The molecule has 9 nitrogen and oxygen atoms in total. The van der Waals surface area contributed by atoms with Gasteiger partial charge >= 0.3 is 0 Å². The van der Waals surface area contributed by atoms with Crippen molar-refractivity contribution in [3.05, 3.63) is 46.2 Å². The number of benzene rings is 1. The Hall–Kier alpha value is -3.17. The van der Waals surface area contributed by atoms with Gasteiger partial charge in [0.2, 0.25) is 0 Å². The normalized spacial score (nSPS) is 34.4. The molecule has 3 aliphatic carbocycles. The molecule has 3 aliphatic rings. The number of aliphatic hydroxyl groups is 3. The number of carbonyl (C=O) groups excluding carboxylic acids is 3. The van der Waals surface area contributed by atoms with Crippen molar-refractivity contribution in [3.8, 4) is 5.75 Å². The van der Waals surface area contributed by atoms with E-state index < -0.39 is 63.5 Å². The molecular formula is C23H26N2O7. The SMILES string of the molecule is CN(C)[C@@H]1C(=O)C(C(N)=O)=C(O)[C@@]2(C)C(=O)C3=C(O)c4c(O)cccc4[C@@](C)(O)C3C[C@@H]12. The fraction of sp³-hybridized carbons (Fsp3) is 0.435. The third kappa shape index (κ3) is 2.49. The molecule has 9 heteroatoms. The smallest absolute Gasteiger partial charge is 0.255 e. The van der Waals surface area contributed by atoms with Crippen LogP contribution in [0.1, 0.15) is 31.4 Å². The lowest BCUT2D eigenvalue weighted by atomic mass is 9.50. The van der Waals surface area contributed by atoms with Crippen LogP contribution < -0.4 is 5.73 Å². The maximum Gasteiger partial charge on any atom is 0.255 e. The maximum absolute atomic E-state index is 13.9. The van der Waals surface area contributed by atoms with E-state index in [1.807, 2.05) is 0 Å². The number of nitrogens with two attached hydrogens (primary N) is 1. The van der Waals surface area contributed by atoms with Crippen molar-refractivity contribution in [2.45, 2.75) is 31.9 Å². The van der Waals surface area contributed by atoms with Crippen LogP contribution in [-0.2, 0) is 20.0 Å². The predicted octanol–water partition coefficient (Wildman–Crippen LogP) is 0.904. The molecule has 0 saturated heterocycles. The number of likely N-dealkylation sites (N-methyl/N-ethyl adjacent to an activating group) is 1. The summed E-state index contributed by atoms with van der Waals surface area (Å²) in [4.78, 5) is 40.6. The second-order valence-corrected chi connectivity index (χ2v) is 9.40. The molecule has 1 fully saturated rings. The first-order valence-electron chi connectivity index (χ1n) is 10.2. The highest BCUT2D eigenvalue weighted by molar-refractivity contribution is 6.24. The Morgan fingerprint density at radius 1 is 1.16 bits per heavy atom. The number of hydrogen-bond donors (Lipinski definition) is 5. The fourth-order valence-corrected chi connectivity index (χ4v) is 5.80. The Morgan fingerprint density at radius 3 is 2.34 bits per heavy atom. The predicted molar refractivity (Wildman–Crippen MR) is 113 cm³/mol. The number of aromatic hydroxyl groups is 1. The highest BCUT2D eigenvalue weighted by atomic mass is 16.3. The number of ketones is 2. The molecule has 4 rings (SSSR count). The van der Waals surface area contributed by atoms with Gasteiger partial charge in [0.25, 0.3) is 5.91 Å². The zero-order valence-corrected chi connectivity index (χ0v) is 18.2. The van der Waals surface area contributed by atoms with Gasteiger partial charge < -0.3 is 26.2 Å². The summed E-state index contributed by atoms with van der Waals surface area (Å²) in [5.74, 6) is -5.84. The third-order valence-electron chi connectivity index (χ3n) is 7.48. The van der Waals surface area contributed by atoms with E-state index in [0.29, 0.717) is 0 Å². The number of Topliss-reactive ketones (excluding diaryl/α,β-unsaturated/α-hetero) is 2. The van der Waals surface area contributed by atoms with E-state index in [1.54, 1.807) is 25.1 Å². The van der Waals surface area contributed by atoms with E-state index in [4.69, 9.17) is 5.73 Å². The molecule has 0 bridgehead atoms. The standard InChI is InChI=1S/C23H26N2O7/c1-22-11(16(25(3)4)18(28)15(20(22)30)21(24)31)8-10-14(19(22)29)17(27)13-9(23(10,2)32)6-5-7-12(13)26/h5-7,10-11,16,26-27,30,32H,8H2,1-4H3,(H2,24,31)/t10?,11-,16-,22+,23+/m0/s1. The van der Waals surface area contributed by atoms with Crippen LogP contribution in [0.5, 0.6) is 5.75 Å². The molecular weight excluding hydrogens is 416 g/mol. The molecule has 0 radical (unpaired) electrons. The summed E-state index contributed by atoms with van der Waals surface area (Å²) < 4.78 is 0. The number of phenols is 1. The number of allylic oxidation sites excluding steroid dienone is 1. The average molecular weight is 442 g/mol. The van der Waals surface area contributed by atoms with Gasteiger partial charge in [0.15, 0.2) is 11.6 Å². The quantitative estimate of drug-likeness (QED) is 0.422. The van der Waals surface area contributed by atoms with Gasteiger partial charge in [-0.3, -0.25) is 19.3 Å². The Kier molecular flexibility index (Phi) is 4.59. The second kappa shape index (κ2) is 6.66. The van der Waals surface area contributed by atoms with E-state index >= 15 is 0 Å². The number of fused-ring (bicyclic) bond motifs is 3. The first kappa shape index (κ1) is 22.0. The van der Waals surface area contributed by atoms with Crippen molar-refractivity contribution in [3.63, 3.8) is 0 Å².